The van der Waals surface area contributed by atoms with Gasteiger partial charge in [-0.15, -0.1) is 0 Å². The van der Waals surface area contributed by atoms with Crippen molar-refractivity contribution in [2.45, 2.75) is 322 Å². The van der Waals surface area contributed by atoms with Gasteiger partial charge in [-0.2, -0.15) is 0 Å². The summed E-state index contributed by atoms with van der Waals surface area (Å²) in [6.07, 6.45) is 91.0. The van der Waals surface area contributed by atoms with Crippen LogP contribution >= 0.6 is 0 Å². The molecule has 0 aliphatic carbocycles. The van der Waals surface area contributed by atoms with Crippen molar-refractivity contribution in [3.8, 4) is 0 Å². The number of rotatable bonds is 60. The molecule has 1 unspecified atom stereocenters. The predicted molar refractivity (Wildman–Crippen MR) is 343 cm³/mol. The van der Waals surface area contributed by atoms with Crippen LogP contribution in [0.25, 0.3) is 0 Å². The van der Waals surface area contributed by atoms with Crippen LogP contribution in [-0.2, 0) is 28.6 Å². The van der Waals surface area contributed by atoms with Gasteiger partial charge >= 0.3 is 17.9 Å². The van der Waals surface area contributed by atoms with E-state index in [1.54, 1.807) is 0 Å². The zero-order valence-corrected chi connectivity index (χ0v) is 51.9. The molecule has 0 aliphatic rings. The van der Waals surface area contributed by atoms with E-state index in [2.05, 4.69) is 130 Å². The van der Waals surface area contributed by atoms with Crippen molar-refractivity contribution in [1.29, 1.82) is 0 Å². The molecule has 0 spiro atoms. The van der Waals surface area contributed by atoms with Gasteiger partial charge in [0, 0.05) is 19.3 Å². The highest BCUT2D eigenvalue weighted by Gasteiger charge is 2.19. The fourth-order valence-electron chi connectivity index (χ4n) is 9.28. The van der Waals surface area contributed by atoms with Gasteiger partial charge in [-0.3, -0.25) is 14.4 Å². The number of ether oxygens (including phenoxy) is 3. The Morgan fingerprint density at radius 3 is 0.797 bits per heavy atom. The maximum atomic E-state index is 12.9. The zero-order valence-electron chi connectivity index (χ0n) is 51.9. The first-order valence-corrected chi connectivity index (χ1v) is 33.4. The van der Waals surface area contributed by atoms with Crippen molar-refractivity contribution in [3.63, 3.8) is 0 Å². The minimum Gasteiger partial charge on any atom is -0.462 e. The van der Waals surface area contributed by atoms with E-state index in [9.17, 15) is 14.4 Å². The first-order chi connectivity index (χ1) is 39.0. The summed E-state index contributed by atoms with van der Waals surface area (Å²) in [4.78, 5) is 38.3. The van der Waals surface area contributed by atoms with Gasteiger partial charge in [0.15, 0.2) is 6.10 Å². The van der Waals surface area contributed by atoms with Crippen LogP contribution in [0.2, 0.25) is 0 Å². The smallest absolute Gasteiger partial charge is 0.306 e. The van der Waals surface area contributed by atoms with Gasteiger partial charge in [0.2, 0.25) is 0 Å². The summed E-state index contributed by atoms with van der Waals surface area (Å²) in [5.74, 6) is -0.892. The first kappa shape index (κ1) is 75.1. The summed E-state index contributed by atoms with van der Waals surface area (Å²) < 4.78 is 16.9. The van der Waals surface area contributed by atoms with Crippen molar-refractivity contribution in [2.24, 2.45) is 0 Å². The molecule has 79 heavy (non-hydrogen) atoms. The van der Waals surface area contributed by atoms with E-state index in [0.29, 0.717) is 19.3 Å². The molecule has 0 radical (unpaired) electrons. The van der Waals surface area contributed by atoms with Crippen LogP contribution in [0.15, 0.2) is 109 Å². The van der Waals surface area contributed by atoms with Gasteiger partial charge in [0.25, 0.3) is 0 Å². The Bertz CT molecular complexity index is 1590. The van der Waals surface area contributed by atoms with E-state index in [0.717, 1.165) is 135 Å². The number of esters is 3. The lowest BCUT2D eigenvalue weighted by molar-refractivity contribution is -0.167. The molecule has 0 aliphatic heterocycles. The number of hydrogen-bond donors (Lipinski definition) is 0. The molecule has 452 valence electrons. The van der Waals surface area contributed by atoms with Gasteiger partial charge in [-0.05, 0) is 109 Å². The number of carbonyl (C=O) groups is 3. The van der Waals surface area contributed by atoms with Crippen LogP contribution in [0.1, 0.15) is 316 Å². The van der Waals surface area contributed by atoms with Gasteiger partial charge in [0.05, 0.1) is 0 Å². The van der Waals surface area contributed by atoms with E-state index in [-0.39, 0.29) is 31.1 Å². The summed E-state index contributed by atoms with van der Waals surface area (Å²) in [6.45, 7) is 6.51. The SMILES string of the molecule is CC/C=C\C/C=C\C/C=C\C/C=C\C/C=C\C/C=C\C/C=C\CCCCCCCCCCCC(=O)OCC(COC(=O)CCCCCCCCCCCCCCCCC)OC(=O)CCCCCCC/C=C\C/C=C\CCCCC. The second-order valence-corrected chi connectivity index (χ2v) is 22.0. The average Bonchev–Trinajstić information content (AvgIpc) is 3.45. The molecule has 6 nitrogen and oxygen atoms in total. The Morgan fingerprint density at radius 2 is 0.494 bits per heavy atom. The Hall–Kier alpha value is -3.93. The highest BCUT2D eigenvalue weighted by Crippen LogP contribution is 2.16. The predicted octanol–water partition coefficient (Wildman–Crippen LogP) is 23.0. The lowest BCUT2D eigenvalue weighted by Gasteiger charge is -2.18. The van der Waals surface area contributed by atoms with Crippen LogP contribution < -0.4 is 0 Å². The molecule has 0 heterocycles. The third-order valence-electron chi connectivity index (χ3n) is 14.3. The zero-order chi connectivity index (χ0) is 57.1. The lowest BCUT2D eigenvalue weighted by atomic mass is 10.0. The topological polar surface area (TPSA) is 78.9 Å². The maximum Gasteiger partial charge on any atom is 0.306 e. The first-order valence-electron chi connectivity index (χ1n) is 33.4. The Kier molecular flexibility index (Phi) is 63.3. The molecule has 0 bridgehead atoms. The fourth-order valence-corrected chi connectivity index (χ4v) is 9.28. The number of allylic oxidation sites excluding steroid dienone is 18. The highest BCUT2D eigenvalue weighted by atomic mass is 16.6. The summed E-state index contributed by atoms with van der Waals surface area (Å²) in [6, 6.07) is 0. The molecule has 1 atom stereocenters. The van der Waals surface area contributed by atoms with Crippen molar-refractivity contribution in [2.75, 3.05) is 13.2 Å². The minimum absolute atomic E-state index is 0.0828. The summed E-state index contributed by atoms with van der Waals surface area (Å²) >= 11 is 0. The fraction of sp³-hybridized carbons (Fsp3) is 0.712. The van der Waals surface area contributed by atoms with E-state index in [4.69, 9.17) is 14.2 Å². The molecule has 6 heteroatoms. The third kappa shape index (κ3) is 64.8. The van der Waals surface area contributed by atoms with Crippen LogP contribution in [0, 0.1) is 0 Å². The van der Waals surface area contributed by atoms with Crippen molar-refractivity contribution < 1.29 is 28.6 Å². The van der Waals surface area contributed by atoms with E-state index in [1.165, 1.54) is 141 Å². The van der Waals surface area contributed by atoms with Gasteiger partial charge in [-0.25, -0.2) is 0 Å². The number of hydrogen-bond acceptors (Lipinski definition) is 6. The Morgan fingerprint density at radius 1 is 0.266 bits per heavy atom. The normalized spacial score (nSPS) is 12.8. The summed E-state index contributed by atoms with van der Waals surface area (Å²) in [5, 5.41) is 0. The molecule has 0 aromatic carbocycles. The molecule has 0 rings (SSSR count). The monoisotopic (exact) mass is 1100 g/mol. The molecule has 0 fully saturated rings. The number of carbonyl (C=O) groups excluding carboxylic acids is 3. The molecule has 0 amide bonds. The average molecular weight is 1100 g/mol. The molecule has 0 aromatic heterocycles. The minimum atomic E-state index is -0.788. The Labute approximate surface area is 489 Å². The third-order valence-corrected chi connectivity index (χ3v) is 14.3. The van der Waals surface area contributed by atoms with Gasteiger partial charge in [0.1, 0.15) is 13.2 Å². The second-order valence-electron chi connectivity index (χ2n) is 22.0. The second kappa shape index (κ2) is 66.6. The molecule has 0 aromatic rings. The number of unbranched alkanes of at least 4 members (excludes halogenated alkanes) is 31. The van der Waals surface area contributed by atoms with E-state index < -0.39 is 6.10 Å². The lowest BCUT2D eigenvalue weighted by Crippen LogP contribution is -2.30. The molecule has 0 saturated heterocycles. The van der Waals surface area contributed by atoms with Gasteiger partial charge in [-0.1, -0.05) is 297 Å². The van der Waals surface area contributed by atoms with Crippen LogP contribution in [0.4, 0.5) is 0 Å². The molecular formula is C73H124O6. The van der Waals surface area contributed by atoms with Crippen molar-refractivity contribution in [1.82, 2.24) is 0 Å². The van der Waals surface area contributed by atoms with Crippen molar-refractivity contribution in [3.05, 3.63) is 109 Å². The van der Waals surface area contributed by atoms with Crippen LogP contribution in [-0.4, -0.2) is 37.2 Å². The quantitative estimate of drug-likeness (QED) is 0.0261. The van der Waals surface area contributed by atoms with Crippen molar-refractivity contribution >= 4 is 17.9 Å². The highest BCUT2D eigenvalue weighted by molar-refractivity contribution is 5.71. The molecular weight excluding hydrogens is 973 g/mol. The van der Waals surface area contributed by atoms with Crippen LogP contribution in [0.5, 0.6) is 0 Å². The van der Waals surface area contributed by atoms with E-state index >= 15 is 0 Å². The summed E-state index contributed by atoms with van der Waals surface area (Å²) in [5.41, 5.74) is 0. The maximum absolute atomic E-state index is 12.9. The largest absolute Gasteiger partial charge is 0.462 e. The van der Waals surface area contributed by atoms with Crippen LogP contribution in [0.3, 0.4) is 0 Å². The molecule has 0 N–H and O–H groups in total. The van der Waals surface area contributed by atoms with Gasteiger partial charge < -0.3 is 14.2 Å². The summed E-state index contributed by atoms with van der Waals surface area (Å²) in [7, 11) is 0. The standard InChI is InChI=1S/C73H124O6/c1-4-7-10-13-16-19-22-25-28-29-30-31-32-33-34-35-36-37-38-39-40-41-42-43-46-48-51-54-57-60-63-66-72(75)78-69-70(79-73(76)67-64-61-58-55-52-49-45-27-24-21-18-15-12-9-6-3)68-77-71(74)65-62-59-56-53-50-47-44-26-23-20-17-14-11-8-5-2/h7,10,16,18-19,21,25,27-28,30-31,33-34,36-37,39-40,45,70H,4-6,8-9,11-15,17,20,22-24,26,29,32,35,38,41-44,46-69H2,1-3H3/b10-7-,19-16-,21-18-,28-25-,31-30-,34-33-,37-36-,40-39-,45-27-. The van der Waals surface area contributed by atoms with E-state index in [1.807, 2.05) is 0 Å². The Balaban J connectivity index is 4.29. The molecule has 0 saturated carbocycles.